The molecule has 1 aliphatic carbocycles. The molecule has 1 unspecified atom stereocenters. The van der Waals surface area contributed by atoms with Crippen LogP contribution in [0.4, 0.5) is 5.69 Å². The van der Waals surface area contributed by atoms with Crippen LogP contribution in [-0.2, 0) is 4.79 Å². The number of nitrogens with zero attached hydrogens (tertiary/aromatic N) is 6. The molecule has 0 aromatic carbocycles. The van der Waals surface area contributed by atoms with E-state index in [4.69, 9.17) is 0 Å². The van der Waals surface area contributed by atoms with Crippen LogP contribution in [0.1, 0.15) is 29.0 Å². The number of carbonyl (C=O) groups is 2. The molecule has 5 rings (SSSR count). The fraction of sp³-hybridized carbons (Fsp3) is 0.417. The summed E-state index contributed by atoms with van der Waals surface area (Å²) in [4.78, 5) is 41.7. The van der Waals surface area contributed by atoms with Crippen molar-refractivity contribution in [2.75, 3.05) is 44.7 Å². The highest BCUT2D eigenvalue weighted by atomic mass is 16.2. The molecule has 168 valence electrons. The molecule has 4 aliphatic rings. The largest absolute Gasteiger partial charge is 0.367 e. The topological polar surface area (TPSA) is 114 Å². The predicted octanol–water partition coefficient (Wildman–Crippen LogP) is 1.13. The molecule has 0 spiro atoms. The Labute approximate surface area is 192 Å². The minimum Gasteiger partial charge on any atom is -0.367 e. The molecule has 0 radical (unpaired) electrons. The summed E-state index contributed by atoms with van der Waals surface area (Å²) in [6.07, 6.45) is 8.05. The Morgan fingerprint density at radius 2 is 2.03 bits per heavy atom. The van der Waals surface area contributed by atoms with Gasteiger partial charge in [-0.3, -0.25) is 19.5 Å². The van der Waals surface area contributed by atoms with Gasteiger partial charge in [0, 0.05) is 51.6 Å². The third-order valence-corrected chi connectivity index (χ3v) is 6.43. The molecule has 2 fully saturated rings. The van der Waals surface area contributed by atoms with Gasteiger partial charge in [0.05, 0.1) is 11.4 Å². The van der Waals surface area contributed by atoms with Gasteiger partial charge in [-0.15, -0.1) is 0 Å². The highest BCUT2D eigenvalue weighted by Crippen LogP contribution is 2.38. The van der Waals surface area contributed by atoms with Gasteiger partial charge in [-0.1, -0.05) is 0 Å². The summed E-state index contributed by atoms with van der Waals surface area (Å²) in [7, 11) is 1.54. The lowest BCUT2D eigenvalue weighted by molar-refractivity contribution is -0.114. The predicted molar refractivity (Wildman–Crippen MR) is 125 cm³/mol. The van der Waals surface area contributed by atoms with Gasteiger partial charge in [0.1, 0.15) is 17.8 Å². The van der Waals surface area contributed by atoms with Gasteiger partial charge in [-0.05, 0) is 48.6 Å². The number of carbonyl (C=O) groups excluding carboxylic acids is 2. The molecule has 1 aromatic heterocycles. The van der Waals surface area contributed by atoms with Crippen molar-refractivity contribution < 1.29 is 9.59 Å². The molecule has 3 aliphatic heterocycles. The number of amides is 2. The van der Waals surface area contributed by atoms with Gasteiger partial charge in [0.2, 0.25) is 0 Å². The van der Waals surface area contributed by atoms with Gasteiger partial charge < -0.3 is 10.2 Å². The van der Waals surface area contributed by atoms with Gasteiger partial charge in [0.15, 0.2) is 5.69 Å². The number of pyridine rings is 1. The Hall–Kier alpha value is -3.64. The lowest BCUT2D eigenvalue weighted by Crippen LogP contribution is -2.47. The summed E-state index contributed by atoms with van der Waals surface area (Å²) in [5.41, 5.74) is 3.87. The molecule has 1 atom stereocenters. The lowest BCUT2D eigenvalue weighted by Gasteiger charge is -2.36. The van der Waals surface area contributed by atoms with Crippen LogP contribution in [-0.4, -0.2) is 79.4 Å². The van der Waals surface area contributed by atoms with Crippen LogP contribution in [0.2, 0.25) is 0 Å². The van der Waals surface area contributed by atoms with Crippen LogP contribution < -0.4 is 10.2 Å². The van der Waals surface area contributed by atoms with Crippen LogP contribution in [0.25, 0.3) is 0 Å². The van der Waals surface area contributed by atoms with Gasteiger partial charge in [0.25, 0.3) is 11.8 Å². The van der Waals surface area contributed by atoms with Crippen molar-refractivity contribution in [3.63, 3.8) is 0 Å². The van der Waals surface area contributed by atoms with Crippen molar-refractivity contribution in [1.29, 1.82) is 5.26 Å². The second kappa shape index (κ2) is 8.71. The second-order valence-corrected chi connectivity index (χ2v) is 8.70. The number of dihydropyridines is 2. The number of fused-ring (bicyclic) bond motifs is 1. The number of aromatic nitrogens is 1. The quantitative estimate of drug-likeness (QED) is 0.730. The zero-order valence-corrected chi connectivity index (χ0v) is 18.5. The standard InChI is InChI=1S/C24H25N7O2/c1-26-24(33)18-4-5-22(21(12-25)28-18)31-8-6-30(7-9-31)14-15-10-20-19(27-13-15)11-17(16-2-3-16)23(32)29-20/h4-5,10-11,13,16,19H,2-3,6-9,14H2,1H3,(H,26,33). The summed E-state index contributed by atoms with van der Waals surface area (Å²) in [5, 5.41) is 12.0. The number of hydrogen-bond donors (Lipinski definition) is 1. The zero-order valence-electron chi connectivity index (χ0n) is 18.5. The highest BCUT2D eigenvalue weighted by molar-refractivity contribution is 6.17. The van der Waals surface area contributed by atoms with Crippen molar-refractivity contribution in [1.82, 2.24) is 15.2 Å². The molecular weight excluding hydrogens is 418 g/mol. The molecule has 4 heterocycles. The van der Waals surface area contributed by atoms with Crippen LogP contribution in [0.3, 0.4) is 0 Å². The second-order valence-electron chi connectivity index (χ2n) is 8.70. The Kier molecular flexibility index (Phi) is 5.60. The van der Waals surface area contributed by atoms with Gasteiger partial charge in [-0.25, -0.2) is 9.98 Å². The van der Waals surface area contributed by atoms with Crippen LogP contribution >= 0.6 is 0 Å². The first-order valence-corrected chi connectivity index (χ1v) is 11.2. The summed E-state index contributed by atoms with van der Waals surface area (Å²) >= 11 is 0. The number of anilines is 1. The van der Waals surface area contributed by atoms with Crippen molar-refractivity contribution in [2.24, 2.45) is 15.9 Å². The van der Waals surface area contributed by atoms with E-state index in [1.807, 2.05) is 18.4 Å². The summed E-state index contributed by atoms with van der Waals surface area (Å²) in [6, 6.07) is 5.43. The molecule has 9 heteroatoms. The van der Waals surface area contributed by atoms with Gasteiger partial charge >= 0.3 is 0 Å². The maximum absolute atomic E-state index is 12.3. The molecule has 1 saturated carbocycles. The zero-order chi connectivity index (χ0) is 22.9. The third-order valence-electron chi connectivity index (χ3n) is 6.43. The van der Waals surface area contributed by atoms with Crippen LogP contribution in [0.15, 0.2) is 45.4 Å². The fourth-order valence-electron chi connectivity index (χ4n) is 4.46. The average molecular weight is 444 g/mol. The maximum atomic E-state index is 12.3. The van der Waals surface area contributed by atoms with Crippen molar-refractivity contribution in [2.45, 2.75) is 18.9 Å². The van der Waals surface area contributed by atoms with E-state index in [0.717, 1.165) is 68.1 Å². The minimum absolute atomic E-state index is 0.102. The first-order valence-electron chi connectivity index (χ1n) is 11.2. The van der Waals surface area contributed by atoms with E-state index < -0.39 is 0 Å². The maximum Gasteiger partial charge on any atom is 0.273 e. The summed E-state index contributed by atoms with van der Waals surface area (Å²) in [5.74, 6) is -0.0260. The Morgan fingerprint density at radius 1 is 1.24 bits per heavy atom. The Balaban J connectivity index is 1.21. The first-order chi connectivity index (χ1) is 16.1. The number of nitriles is 1. The Bertz CT molecular complexity index is 1160. The monoisotopic (exact) mass is 443 g/mol. The molecule has 33 heavy (non-hydrogen) atoms. The van der Waals surface area contributed by atoms with E-state index in [1.165, 1.54) is 7.05 Å². The Morgan fingerprint density at radius 3 is 2.73 bits per heavy atom. The number of rotatable bonds is 5. The molecule has 2 amide bonds. The number of piperazine rings is 1. The SMILES string of the molecule is CNC(=O)c1ccc(N2CCN(CC3=CC4=NC(=O)C(C5CC5)=CC4N=C3)CC2)c(C#N)n1. The fourth-order valence-corrected chi connectivity index (χ4v) is 4.46. The average Bonchev–Trinajstić information content (AvgIpc) is 3.68. The summed E-state index contributed by atoms with van der Waals surface area (Å²) < 4.78 is 0. The number of hydrogen-bond acceptors (Lipinski definition) is 7. The summed E-state index contributed by atoms with van der Waals surface area (Å²) in [6.45, 7) is 3.85. The molecule has 9 nitrogen and oxygen atoms in total. The van der Waals surface area contributed by atoms with E-state index in [1.54, 1.807) is 12.1 Å². The first kappa shape index (κ1) is 21.2. The highest BCUT2D eigenvalue weighted by Gasteiger charge is 2.34. The van der Waals surface area contributed by atoms with E-state index in [0.29, 0.717) is 5.92 Å². The van der Waals surface area contributed by atoms with Crippen LogP contribution in [0.5, 0.6) is 0 Å². The van der Waals surface area contributed by atoms with Crippen molar-refractivity contribution in [3.8, 4) is 6.07 Å². The molecule has 0 bridgehead atoms. The lowest BCUT2D eigenvalue weighted by atomic mass is 9.97. The molecule has 1 N–H and O–H groups in total. The normalized spacial score (nSPS) is 22.7. The van der Waals surface area contributed by atoms with E-state index in [2.05, 4.69) is 36.2 Å². The van der Waals surface area contributed by atoms with Crippen molar-refractivity contribution >= 4 is 29.4 Å². The van der Waals surface area contributed by atoms with E-state index in [-0.39, 0.29) is 29.2 Å². The van der Waals surface area contributed by atoms with E-state index >= 15 is 0 Å². The number of aliphatic imine (C=N–C) groups is 2. The molecule has 1 saturated heterocycles. The van der Waals surface area contributed by atoms with Gasteiger partial charge in [-0.2, -0.15) is 5.26 Å². The van der Waals surface area contributed by atoms with Crippen molar-refractivity contribution in [3.05, 3.63) is 46.8 Å². The third kappa shape index (κ3) is 4.34. The smallest absolute Gasteiger partial charge is 0.273 e. The molecule has 1 aromatic rings. The minimum atomic E-state index is -0.309. The number of nitrogens with one attached hydrogen (secondary N) is 1. The van der Waals surface area contributed by atoms with E-state index in [9.17, 15) is 14.9 Å². The van der Waals surface area contributed by atoms with Crippen LogP contribution in [0, 0.1) is 17.2 Å². The molecular formula is C24H25N7O2.